The summed E-state index contributed by atoms with van der Waals surface area (Å²) >= 11 is 0. The van der Waals surface area contributed by atoms with Crippen molar-refractivity contribution in [2.75, 3.05) is 26.8 Å². The summed E-state index contributed by atoms with van der Waals surface area (Å²) in [6.45, 7) is 1.15. The Bertz CT molecular complexity index is 572. The third kappa shape index (κ3) is 2.92. The van der Waals surface area contributed by atoms with Crippen molar-refractivity contribution in [1.29, 1.82) is 0 Å². The fourth-order valence-corrected chi connectivity index (χ4v) is 2.94. The number of ether oxygens (including phenoxy) is 2. The molecule has 2 aliphatic rings. The van der Waals surface area contributed by atoms with Crippen LogP contribution in [0, 0.1) is 5.92 Å². The van der Waals surface area contributed by atoms with Crippen molar-refractivity contribution in [2.45, 2.75) is 18.4 Å². The average Bonchev–Trinajstić information content (AvgIpc) is 3.35. The minimum Gasteiger partial charge on any atom is -0.497 e. The van der Waals surface area contributed by atoms with Gasteiger partial charge in [-0.3, -0.25) is 9.59 Å². The summed E-state index contributed by atoms with van der Waals surface area (Å²) in [5, 5.41) is 0. The second kappa shape index (κ2) is 5.96. The lowest BCUT2D eigenvalue weighted by atomic mass is 10.1. The molecule has 0 radical (unpaired) electrons. The number of nitrogens with zero attached hydrogens (tertiary/aromatic N) is 1. The Morgan fingerprint density at radius 3 is 2.68 bits per heavy atom. The number of hydrogen-bond acceptors (Lipinski definition) is 4. The lowest BCUT2D eigenvalue weighted by molar-refractivity contribution is -0.146. The molecule has 1 unspecified atom stereocenters. The molecule has 2 fully saturated rings. The van der Waals surface area contributed by atoms with Gasteiger partial charge in [-0.15, -0.1) is 0 Å². The summed E-state index contributed by atoms with van der Waals surface area (Å²) in [5.41, 5.74) is 6.40. The van der Waals surface area contributed by atoms with Gasteiger partial charge in [0.15, 0.2) is 6.10 Å². The van der Waals surface area contributed by atoms with E-state index < -0.39 is 12.0 Å². The maximum absolute atomic E-state index is 12.5. The van der Waals surface area contributed by atoms with E-state index in [1.54, 1.807) is 12.0 Å². The van der Waals surface area contributed by atoms with Gasteiger partial charge in [0.25, 0.3) is 0 Å². The number of benzene rings is 1. The summed E-state index contributed by atoms with van der Waals surface area (Å²) in [5.74, 6) is 0.647. The number of nitrogens with two attached hydrogens (primary N) is 1. The van der Waals surface area contributed by atoms with Crippen molar-refractivity contribution < 1.29 is 19.1 Å². The van der Waals surface area contributed by atoms with Crippen molar-refractivity contribution in [3.8, 4) is 5.75 Å². The van der Waals surface area contributed by atoms with Crippen LogP contribution in [0.2, 0.25) is 0 Å². The zero-order chi connectivity index (χ0) is 15.7. The van der Waals surface area contributed by atoms with Crippen LogP contribution in [0.3, 0.4) is 0 Å². The normalized spacial score (nSPS) is 27.3. The van der Waals surface area contributed by atoms with Gasteiger partial charge in [0.2, 0.25) is 11.8 Å². The van der Waals surface area contributed by atoms with Gasteiger partial charge in [-0.05, 0) is 30.0 Å². The molecule has 0 spiro atoms. The number of hydrogen-bond donors (Lipinski definition) is 1. The molecule has 3 atom stereocenters. The maximum atomic E-state index is 12.5. The Kier molecular flexibility index (Phi) is 4.02. The second-order valence-electron chi connectivity index (χ2n) is 5.77. The zero-order valence-electron chi connectivity index (χ0n) is 12.5. The first-order valence-corrected chi connectivity index (χ1v) is 7.44. The summed E-state index contributed by atoms with van der Waals surface area (Å²) in [6.07, 6.45) is 0.167. The molecule has 1 aliphatic carbocycles. The first-order valence-electron chi connectivity index (χ1n) is 7.44. The first kappa shape index (κ1) is 14.8. The van der Waals surface area contributed by atoms with Crippen LogP contribution < -0.4 is 10.5 Å². The summed E-state index contributed by atoms with van der Waals surface area (Å²) in [6, 6.07) is 7.82. The van der Waals surface area contributed by atoms with Crippen LogP contribution in [-0.2, 0) is 14.3 Å². The minimum absolute atomic E-state index is 0.0000198. The van der Waals surface area contributed by atoms with Crippen LogP contribution in [0.25, 0.3) is 0 Å². The van der Waals surface area contributed by atoms with Gasteiger partial charge in [0.1, 0.15) is 5.75 Å². The predicted octanol–water partition coefficient (Wildman–Crippen LogP) is 0.511. The molecular formula is C16H20N2O4. The van der Waals surface area contributed by atoms with Crippen molar-refractivity contribution in [3.63, 3.8) is 0 Å². The van der Waals surface area contributed by atoms with Crippen LogP contribution in [0.4, 0.5) is 0 Å². The Labute approximate surface area is 129 Å². The molecule has 1 saturated carbocycles. The summed E-state index contributed by atoms with van der Waals surface area (Å²) in [7, 11) is 1.63. The number of methoxy groups -OCH3 is 1. The molecule has 2 N–H and O–H groups in total. The molecule has 6 heteroatoms. The molecule has 6 nitrogen and oxygen atoms in total. The molecule has 2 amide bonds. The topological polar surface area (TPSA) is 81.9 Å². The van der Waals surface area contributed by atoms with Gasteiger partial charge in [-0.25, -0.2) is 0 Å². The van der Waals surface area contributed by atoms with E-state index in [0.717, 1.165) is 17.7 Å². The van der Waals surface area contributed by atoms with E-state index >= 15 is 0 Å². The fraction of sp³-hybridized carbons (Fsp3) is 0.500. The maximum Gasteiger partial charge on any atom is 0.248 e. The number of morpholine rings is 1. The van der Waals surface area contributed by atoms with Crippen molar-refractivity contribution in [2.24, 2.45) is 11.7 Å². The molecule has 22 heavy (non-hydrogen) atoms. The standard InChI is InChI=1S/C16H20N2O4/c1-21-11-4-2-10(3-5-11)12-8-13(12)16(20)18-6-7-22-14(9-18)15(17)19/h2-5,12-14H,6-9H2,1H3,(H2,17,19)/t12-,13+,14?/m0/s1. The largest absolute Gasteiger partial charge is 0.497 e. The number of amides is 2. The van der Waals surface area contributed by atoms with E-state index in [-0.39, 0.29) is 24.3 Å². The van der Waals surface area contributed by atoms with E-state index in [1.807, 2.05) is 24.3 Å². The van der Waals surface area contributed by atoms with Crippen molar-refractivity contribution in [3.05, 3.63) is 29.8 Å². The van der Waals surface area contributed by atoms with Crippen LogP contribution in [0.5, 0.6) is 5.75 Å². The minimum atomic E-state index is -0.684. The van der Waals surface area contributed by atoms with Crippen molar-refractivity contribution in [1.82, 2.24) is 4.90 Å². The molecule has 1 saturated heterocycles. The molecule has 1 aromatic rings. The van der Waals surface area contributed by atoms with Crippen molar-refractivity contribution >= 4 is 11.8 Å². The summed E-state index contributed by atoms with van der Waals surface area (Å²) in [4.78, 5) is 25.4. The zero-order valence-corrected chi connectivity index (χ0v) is 12.5. The number of carbonyl (C=O) groups is 2. The van der Waals surface area contributed by atoms with E-state index in [1.165, 1.54) is 0 Å². The highest BCUT2D eigenvalue weighted by molar-refractivity contribution is 5.85. The first-order chi connectivity index (χ1) is 10.6. The number of carbonyl (C=O) groups excluding carboxylic acids is 2. The molecule has 0 bridgehead atoms. The third-order valence-corrected chi connectivity index (χ3v) is 4.35. The van der Waals surface area contributed by atoms with Crippen LogP contribution in [-0.4, -0.2) is 49.6 Å². The van der Waals surface area contributed by atoms with Gasteiger partial charge in [0.05, 0.1) is 20.3 Å². The van der Waals surface area contributed by atoms with E-state index in [4.69, 9.17) is 15.2 Å². The van der Waals surface area contributed by atoms with Gasteiger partial charge in [0, 0.05) is 12.5 Å². The average molecular weight is 304 g/mol. The van der Waals surface area contributed by atoms with Gasteiger partial charge >= 0.3 is 0 Å². The number of rotatable bonds is 4. The molecule has 0 aromatic heterocycles. The Hall–Kier alpha value is -2.08. The molecule has 3 rings (SSSR count). The highest BCUT2D eigenvalue weighted by Crippen LogP contribution is 2.48. The molecule has 1 heterocycles. The second-order valence-corrected chi connectivity index (χ2v) is 5.77. The lowest BCUT2D eigenvalue weighted by Gasteiger charge is -2.31. The molecule has 118 valence electrons. The fourth-order valence-electron chi connectivity index (χ4n) is 2.94. The predicted molar refractivity (Wildman–Crippen MR) is 79.4 cm³/mol. The monoisotopic (exact) mass is 304 g/mol. The van der Waals surface area contributed by atoms with Crippen LogP contribution in [0.15, 0.2) is 24.3 Å². The smallest absolute Gasteiger partial charge is 0.248 e. The third-order valence-electron chi connectivity index (χ3n) is 4.35. The Morgan fingerprint density at radius 2 is 2.05 bits per heavy atom. The SMILES string of the molecule is COc1ccc([C@@H]2C[C@H]2C(=O)N2CCOC(C(N)=O)C2)cc1. The quantitative estimate of drug-likeness (QED) is 0.879. The van der Waals surface area contributed by atoms with E-state index in [9.17, 15) is 9.59 Å². The van der Waals surface area contributed by atoms with Gasteiger partial charge < -0.3 is 20.1 Å². The summed E-state index contributed by atoms with van der Waals surface area (Å²) < 4.78 is 10.4. The van der Waals surface area contributed by atoms with E-state index in [0.29, 0.717) is 13.2 Å². The van der Waals surface area contributed by atoms with Crippen LogP contribution in [0.1, 0.15) is 17.9 Å². The highest BCUT2D eigenvalue weighted by atomic mass is 16.5. The Morgan fingerprint density at radius 1 is 1.32 bits per heavy atom. The molecule has 1 aliphatic heterocycles. The van der Waals surface area contributed by atoms with Crippen LogP contribution >= 0.6 is 0 Å². The molecule has 1 aromatic carbocycles. The number of primary amides is 1. The van der Waals surface area contributed by atoms with E-state index in [2.05, 4.69) is 0 Å². The van der Waals surface area contributed by atoms with Gasteiger partial charge in [-0.2, -0.15) is 0 Å². The molecular weight excluding hydrogens is 284 g/mol. The lowest BCUT2D eigenvalue weighted by Crippen LogP contribution is -2.50. The highest BCUT2D eigenvalue weighted by Gasteiger charge is 2.46. The van der Waals surface area contributed by atoms with Gasteiger partial charge in [-0.1, -0.05) is 12.1 Å². The Balaban J connectivity index is 1.61.